The zero-order valence-corrected chi connectivity index (χ0v) is 11.0. The van der Waals surface area contributed by atoms with Gasteiger partial charge in [0.1, 0.15) is 5.82 Å². The Hall–Kier alpha value is -2.28. The average molecular weight is 317 g/mol. The van der Waals surface area contributed by atoms with Crippen molar-refractivity contribution < 1.29 is 23.1 Å². The summed E-state index contributed by atoms with van der Waals surface area (Å²) in [5.41, 5.74) is -1.35. The lowest BCUT2D eigenvalue weighted by Gasteiger charge is -2.14. The van der Waals surface area contributed by atoms with E-state index in [1.54, 1.807) is 0 Å². The first-order valence-electron chi connectivity index (χ1n) is 5.61. The minimum absolute atomic E-state index is 0.0477. The fourth-order valence-electron chi connectivity index (χ4n) is 1.65. The van der Waals surface area contributed by atoms with E-state index < -0.39 is 17.7 Å². The summed E-state index contributed by atoms with van der Waals surface area (Å²) in [6.07, 6.45) is -3.48. The summed E-state index contributed by atoms with van der Waals surface area (Å²) in [6, 6.07) is 5.88. The smallest absolute Gasteiger partial charge is 0.418 e. The molecule has 2 aromatic rings. The summed E-state index contributed by atoms with van der Waals surface area (Å²) in [5.74, 6) is -1.34. The number of alkyl halides is 3. The van der Waals surface area contributed by atoms with Crippen LogP contribution in [0.25, 0.3) is 0 Å². The third-order valence-corrected chi connectivity index (χ3v) is 2.88. The highest BCUT2D eigenvalue weighted by molar-refractivity contribution is 6.33. The largest absolute Gasteiger partial charge is 0.478 e. The number of carboxylic acid groups (broad SMARTS) is 1. The van der Waals surface area contributed by atoms with Gasteiger partial charge < -0.3 is 10.4 Å². The van der Waals surface area contributed by atoms with Crippen molar-refractivity contribution in [1.82, 2.24) is 4.98 Å². The number of hydrogen-bond donors (Lipinski definition) is 2. The number of halogens is 4. The number of carbonyl (C=O) groups is 1. The van der Waals surface area contributed by atoms with Crippen molar-refractivity contribution in [3.8, 4) is 0 Å². The van der Waals surface area contributed by atoms with E-state index in [1.807, 2.05) is 0 Å². The molecule has 0 radical (unpaired) electrons. The molecule has 0 bridgehead atoms. The van der Waals surface area contributed by atoms with Gasteiger partial charge in [-0.05, 0) is 18.2 Å². The number of carboxylic acids is 1. The van der Waals surface area contributed by atoms with E-state index >= 15 is 0 Å². The van der Waals surface area contributed by atoms with Crippen molar-refractivity contribution in [2.75, 3.05) is 5.32 Å². The lowest BCUT2D eigenvalue weighted by atomic mass is 10.1. The number of benzene rings is 1. The predicted molar refractivity (Wildman–Crippen MR) is 70.9 cm³/mol. The molecule has 0 saturated carbocycles. The van der Waals surface area contributed by atoms with E-state index in [4.69, 9.17) is 16.7 Å². The summed E-state index contributed by atoms with van der Waals surface area (Å²) in [7, 11) is 0. The molecule has 0 saturated heterocycles. The van der Waals surface area contributed by atoms with E-state index in [0.717, 1.165) is 18.3 Å². The van der Waals surface area contributed by atoms with E-state index in [2.05, 4.69) is 10.3 Å². The molecule has 0 amide bonds. The average Bonchev–Trinajstić information content (AvgIpc) is 2.40. The number of rotatable bonds is 3. The molecule has 1 aromatic heterocycles. The molecule has 0 aliphatic heterocycles. The fourth-order valence-corrected chi connectivity index (χ4v) is 1.83. The Labute approximate surface area is 122 Å². The van der Waals surface area contributed by atoms with Gasteiger partial charge in [0.2, 0.25) is 0 Å². The van der Waals surface area contributed by atoms with Gasteiger partial charge >= 0.3 is 12.1 Å². The topological polar surface area (TPSA) is 62.2 Å². The van der Waals surface area contributed by atoms with Gasteiger partial charge in [-0.15, -0.1) is 0 Å². The number of pyridine rings is 1. The second-order valence-corrected chi connectivity index (χ2v) is 4.43. The van der Waals surface area contributed by atoms with Crippen LogP contribution in [0.3, 0.4) is 0 Å². The summed E-state index contributed by atoms with van der Waals surface area (Å²) in [4.78, 5) is 14.7. The fraction of sp³-hybridized carbons (Fsp3) is 0.0769. The molecular weight excluding hydrogens is 309 g/mol. The maximum Gasteiger partial charge on any atom is 0.418 e. The minimum Gasteiger partial charge on any atom is -0.478 e. The van der Waals surface area contributed by atoms with Crippen molar-refractivity contribution >= 4 is 29.1 Å². The second-order valence-electron chi connectivity index (χ2n) is 4.02. The molecule has 0 atom stereocenters. The minimum atomic E-state index is -4.54. The van der Waals surface area contributed by atoms with Crippen molar-refractivity contribution in [2.45, 2.75) is 6.18 Å². The summed E-state index contributed by atoms with van der Waals surface area (Å²) in [5, 5.41) is 11.3. The molecule has 0 aliphatic rings. The number of aromatic carboxylic acids is 1. The Kier molecular flexibility index (Phi) is 4.04. The Balaban J connectivity index is 2.40. The Morgan fingerprint density at radius 3 is 2.57 bits per heavy atom. The van der Waals surface area contributed by atoms with Crippen molar-refractivity contribution in [3.63, 3.8) is 0 Å². The quantitative estimate of drug-likeness (QED) is 0.891. The van der Waals surface area contributed by atoms with E-state index in [9.17, 15) is 18.0 Å². The lowest BCUT2D eigenvalue weighted by molar-refractivity contribution is -0.136. The normalized spacial score (nSPS) is 11.2. The number of anilines is 2. The van der Waals surface area contributed by atoms with Crippen LogP contribution < -0.4 is 5.32 Å². The third kappa shape index (κ3) is 3.43. The van der Waals surface area contributed by atoms with Gasteiger partial charge in [0.15, 0.2) is 0 Å². The van der Waals surface area contributed by atoms with Crippen LogP contribution in [0, 0.1) is 0 Å². The van der Waals surface area contributed by atoms with Crippen LogP contribution in [0.5, 0.6) is 0 Å². The Bertz CT molecular complexity index is 689. The summed E-state index contributed by atoms with van der Waals surface area (Å²) >= 11 is 5.65. The van der Waals surface area contributed by atoms with Crippen molar-refractivity contribution in [2.24, 2.45) is 0 Å². The second kappa shape index (κ2) is 5.61. The van der Waals surface area contributed by atoms with Crippen molar-refractivity contribution in [1.29, 1.82) is 0 Å². The number of para-hydroxylation sites is 1. The lowest BCUT2D eigenvalue weighted by Crippen LogP contribution is -2.09. The molecular formula is C13H8ClF3N2O2. The zero-order valence-electron chi connectivity index (χ0n) is 10.3. The standard InChI is InChI=1S/C13H8ClF3N2O2/c14-9-6-18-11(5-7(9)12(20)21)19-10-4-2-1-3-8(10)13(15,16)17/h1-6H,(H,18,19)(H,20,21). The number of aromatic nitrogens is 1. The van der Waals surface area contributed by atoms with Gasteiger partial charge in [0.05, 0.1) is 21.8 Å². The molecule has 1 aromatic carbocycles. The van der Waals surface area contributed by atoms with Crippen LogP contribution >= 0.6 is 11.6 Å². The van der Waals surface area contributed by atoms with Gasteiger partial charge in [0, 0.05) is 6.20 Å². The highest BCUT2D eigenvalue weighted by Gasteiger charge is 2.33. The van der Waals surface area contributed by atoms with Crippen molar-refractivity contribution in [3.05, 3.63) is 52.7 Å². The third-order valence-electron chi connectivity index (χ3n) is 2.58. The molecule has 110 valence electrons. The van der Waals surface area contributed by atoms with Crippen LogP contribution in [-0.2, 0) is 6.18 Å². The van der Waals surface area contributed by atoms with Crippen LogP contribution in [0.4, 0.5) is 24.7 Å². The predicted octanol–water partition coefficient (Wildman–Crippen LogP) is 4.20. The first kappa shape index (κ1) is 15.1. The molecule has 2 N–H and O–H groups in total. The molecule has 4 nitrogen and oxygen atoms in total. The number of nitrogens with zero attached hydrogens (tertiary/aromatic N) is 1. The van der Waals surface area contributed by atoms with Gasteiger partial charge in [-0.2, -0.15) is 13.2 Å². The Morgan fingerprint density at radius 1 is 1.29 bits per heavy atom. The maximum atomic E-state index is 12.8. The van der Waals surface area contributed by atoms with Crippen LogP contribution in [0.2, 0.25) is 5.02 Å². The van der Waals surface area contributed by atoms with Crippen LogP contribution in [-0.4, -0.2) is 16.1 Å². The number of nitrogens with one attached hydrogen (secondary N) is 1. The molecule has 2 rings (SSSR count). The molecule has 0 unspecified atom stereocenters. The first-order chi connectivity index (χ1) is 9.79. The van der Waals surface area contributed by atoms with Gasteiger partial charge in [-0.25, -0.2) is 9.78 Å². The van der Waals surface area contributed by atoms with Gasteiger partial charge in [-0.3, -0.25) is 0 Å². The molecule has 0 aliphatic carbocycles. The highest BCUT2D eigenvalue weighted by atomic mass is 35.5. The van der Waals surface area contributed by atoms with E-state index in [-0.39, 0.29) is 22.1 Å². The van der Waals surface area contributed by atoms with E-state index in [1.165, 1.54) is 18.2 Å². The zero-order chi connectivity index (χ0) is 15.6. The monoisotopic (exact) mass is 316 g/mol. The molecule has 0 spiro atoms. The first-order valence-corrected chi connectivity index (χ1v) is 5.99. The molecule has 21 heavy (non-hydrogen) atoms. The van der Waals surface area contributed by atoms with Gasteiger partial charge in [-0.1, -0.05) is 23.7 Å². The highest BCUT2D eigenvalue weighted by Crippen LogP contribution is 2.35. The van der Waals surface area contributed by atoms with E-state index in [0.29, 0.717) is 0 Å². The Morgan fingerprint density at radius 2 is 1.95 bits per heavy atom. The molecule has 1 heterocycles. The summed E-state index contributed by atoms with van der Waals surface area (Å²) < 4.78 is 38.5. The van der Waals surface area contributed by atoms with Crippen LogP contribution in [0.15, 0.2) is 36.5 Å². The number of hydrogen-bond acceptors (Lipinski definition) is 3. The molecule has 0 fully saturated rings. The van der Waals surface area contributed by atoms with Crippen LogP contribution in [0.1, 0.15) is 15.9 Å². The summed E-state index contributed by atoms with van der Waals surface area (Å²) in [6.45, 7) is 0. The molecule has 8 heteroatoms. The maximum absolute atomic E-state index is 12.8. The SMILES string of the molecule is O=C(O)c1cc(Nc2ccccc2C(F)(F)F)ncc1Cl. The van der Waals surface area contributed by atoms with Gasteiger partial charge in [0.25, 0.3) is 0 Å².